The van der Waals surface area contributed by atoms with Crippen LogP contribution < -0.4 is 9.64 Å². The fourth-order valence-corrected chi connectivity index (χ4v) is 2.79. The number of amides is 2. The van der Waals surface area contributed by atoms with Gasteiger partial charge in [-0.25, -0.2) is 0 Å². The summed E-state index contributed by atoms with van der Waals surface area (Å²) in [7, 11) is 3.45. The minimum absolute atomic E-state index is 0.0321. The molecular formula is C19H21N3O3. The molecule has 2 amide bonds. The second-order valence-electron chi connectivity index (χ2n) is 6.10. The van der Waals surface area contributed by atoms with Gasteiger partial charge in [-0.15, -0.1) is 0 Å². The number of hydrogen-bond acceptors (Lipinski definition) is 4. The van der Waals surface area contributed by atoms with E-state index in [0.717, 1.165) is 17.7 Å². The van der Waals surface area contributed by atoms with Crippen LogP contribution in [0.4, 0.5) is 5.69 Å². The van der Waals surface area contributed by atoms with Crippen molar-refractivity contribution in [2.24, 2.45) is 0 Å². The quantitative estimate of drug-likeness (QED) is 0.835. The van der Waals surface area contributed by atoms with Gasteiger partial charge in [-0.3, -0.25) is 14.6 Å². The van der Waals surface area contributed by atoms with Crippen LogP contribution in [-0.4, -0.2) is 48.4 Å². The molecule has 1 aromatic carbocycles. The third kappa shape index (κ3) is 3.79. The predicted octanol–water partition coefficient (Wildman–Crippen LogP) is 1.90. The molecule has 6 nitrogen and oxygen atoms in total. The van der Waals surface area contributed by atoms with Crippen molar-refractivity contribution in [2.45, 2.75) is 18.9 Å². The number of para-hydroxylation sites is 2. The number of benzene rings is 1. The molecule has 1 aromatic heterocycles. The minimum atomic E-state index is -0.782. The first-order valence-electron chi connectivity index (χ1n) is 8.22. The zero-order valence-electron chi connectivity index (χ0n) is 14.4. The molecule has 0 fully saturated rings. The van der Waals surface area contributed by atoms with Gasteiger partial charge < -0.3 is 14.5 Å². The van der Waals surface area contributed by atoms with Crippen molar-refractivity contribution in [1.82, 2.24) is 9.88 Å². The summed E-state index contributed by atoms with van der Waals surface area (Å²) in [6, 6.07) is 11.2. The van der Waals surface area contributed by atoms with Gasteiger partial charge in [-0.2, -0.15) is 0 Å². The van der Waals surface area contributed by atoms with Crippen LogP contribution >= 0.6 is 0 Å². The SMILES string of the molecule is CN(CCc1ccncc1)C(=O)CC1Oc2ccccc2N(C)C1=O. The molecule has 2 aromatic rings. The van der Waals surface area contributed by atoms with E-state index in [1.807, 2.05) is 36.4 Å². The van der Waals surface area contributed by atoms with E-state index in [0.29, 0.717) is 12.3 Å². The van der Waals surface area contributed by atoms with E-state index in [1.54, 1.807) is 36.3 Å². The minimum Gasteiger partial charge on any atom is -0.478 e. The summed E-state index contributed by atoms with van der Waals surface area (Å²) >= 11 is 0. The van der Waals surface area contributed by atoms with E-state index < -0.39 is 6.10 Å². The van der Waals surface area contributed by atoms with E-state index in [-0.39, 0.29) is 18.2 Å². The average molecular weight is 339 g/mol. The summed E-state index contributed by atoms with van der Waals surface area (Å²) in [6.45, 7) is 0.580. The van der Waals surface area contributed by atoms with Crippen molar-refractivity contribution in [1.29, 1.82) is 0 Å². The van der Waals surface area contributed by atoms with Crippen LogP contribution in [0.5, 0.6) is 5.75 Å². The van der Waals surface area contributed by atoms with Crippen LogP contribution in [0.3, 0.4) is 0 Å². The molecule has 1 atom stereocenters. The number of anilines is 1. The average Bonchev–Trinajstić information content (AvgIpc) is 2.64. The number of fused-ring (bicyclic) bond motifs is 1. The highest BCUT2D eigenvalue weighted by Gasteiger charge is 2.34. The van der Waals surface area contributed by atoms with Crippen molar-refractivity contribution >= 4 is 17.5 Å². The van der Waals surface area contributed by atoms with Gasteiger partial charge in [0.1, 0.15) is 5.75 Å². The van der Waals surface area contributed by atoms with Gasteiger partial charge in [-0.1, -0.05) is 12.1 Å². The molecule has 0 spiro atoms. The van der Waals surface area contributed by atoms with Crippen molar-refractivity contribution in [3.05, 3.63) is 54.4 Å². The Labute approximate surface area is 147 Å². The van der Waals surface area contributed by atoms with Crippen LogP contribution in [0.15, 0.2) is 48.8 Å². The fourth-order valence-electron chi connectivity index (χ4n) is 2.79. The molecule has 6 heteroatoms. The third-order valence-corrected chi connectivity index (χ3v) is 4.37. The number of aromatic nitrogens is 1. The molecule has 2 heterocycles. The molecule has 1 unspecified atom stereocenters. The zero-order chi connectivity index (χ0) is 17.8. The van der Waals surface area contributed by atoms with Crippen LogP contribution in [0.1, 0.15) is 12.0 Å². The monoisotopic (exact) mass is 339 g/mol. The molecule has 0 aliphatic carbocycles. The molecule has 1 aliphatic rings. The molecule has 0 saturated carbocycles. The van der Waals surface area contributed by atoms with Crippen LogP contribution in [0.25, 0.3) is 0 Å². The number of carbonyl (C=O) groups excluding carboxylic acids is 2. The van der Waals surface area contributed by atoms with Gasteiger partial charge in [0.25, 0.3) is 5.91 Å². The first-order valence-corrected chi connectivity index (χ1v) is 8.22. The van der Waals surface area contributed by atoms with Crippen LogP contribution in [0.2, 0.25) is 0 Å². The second-order valence-corrected chi connectivity index (χ2v) is 6.10. The molecule has 3 rings (SSSR count). The molecule has 0 N–H and O–H groups in total. The number of ether oxygens (including phenoxy) is 1. The Morgan fingerprint density at radius 3 is 2.72 bits per heavy atom. The van der Waals surface area contributed by atoms with Crippen LogP contribution in [-0.2, 0) is 16.0 Å². The summed E-state index contributed by atoms with van der Waals surface area (Å²) in [4.78, 5) is 32.1. The van der Waals surface area contributed by atoms with Gasteiger partial charge in [-0.05, 0) is 36.2 Å². The van der Waals surface area contributed by atoms with E-state index in [4.69, 9.17) is 4.74 Å². The maximum Gasteiger partial charge on any atom is 0.268 e. The van der Waals surface area contributed by atoms with Gasteiger partial charge in [0.15, 0.2) is 6.10 Å². The van der Waals surface area contributed by atoms with Crippen molar-refractivity contribution in [2.75, 3.05) is 25.5 Å². The van der Waals surface area contributed by atoms with E-state index >= 15 is 0 Å². The van der Waals surface area contributed by atoms with Gasteiger partial charge in [0.2, 0.25) is 5.91 Å². The topological polar surface area (TPSA) is 62.7 Å². The van der Waals surface area contributed by atoms with Crippen molar-refractivity contribution in [3.8, 4) is 5.75 Å². The molecule has 0 radical (unpaired) electrons. The van der Waals surface area contributed by atoms with E-state index in [1.165, 1.54) is 0 Å². The Hall–Kier alpha value is -2.89. The number of nitrogens with zero attached hydrogens (tertiary/aromatic N) is 3. The third-order valence-electron chi connectivity index (χ3n) is 4.37. The van der Waals surface area contributed by atoms with Gasteiger partial charge in [0.05, 0.1) is 12.1 Å². The lowest BCUT2D eigenvalue weighted by Crippen LogP contribution is -2.46. The molecule has 1 aliphatic heterocycles. The lowest BCUT2D eigenvalue weighted by atomic mass is 10.1. The zero-order valence-corrected chi connectivity index (χ0v) is 14.4. The van der Waals surface area contributed by atoms with Crippen molar-refractivity contribution < 1.29 is 14.3 Å². The molecule has 0 bridgehead atoms. The highest BCUT2D eigenvalue weighted by Crippen LogP contribution is 2.33. The molecule has 130 valence electrons. The van der Waals surface area contributed by atoms with Crippen LogP contribution in [0, 0.1) is 0 Å². The first-order chi connectivity index (χ1) is 12.1. The van der Waals surface area contributed by atoms with Gasteiger partial charge >= 0.3 is 0 Å². The largest absolute Gasteiger partial charge is 0.478 e. The maximum atomic E-state index is 12.5. The molecular weight excluding hydrogens is 318 g/mol. The Kier molecular flexibility index (Phi) is 4.97. The highest BCUT2D eigenvalue weighted by molar-refractivity contribution is 6.01. The summed E-state index contributed by atoms with van der Waals surface area (Å²) in [5.41, 5.74) is 1.84. The van der Waals surface area contributed by atoms with E-state index in [2.05, 4.69) is 4.98 Å². The Bertz CT molecular complexity index is 764. The molecule has 25 heavy (non-hydrogen) atoms. The first kappa shape index (κ1) is 17.0. The van der Waals surface area contributed by atoms with E-state index in [9.17, 15) is 9.59 Å². The Morgan fingerprint density at radius 2 is 1.96 bits per heavy atom. The normalized spacial score (nSPS) is 16.2. The lowest BCUT2D eigenvalue weighted by molar-refractivity contribution is -0.137. The Morgan fingerprint density at radius 1 is 1.24 bits per heavy atom. The number of pyridine rings is 1. The summed E-state index contributed by atoms with van der Waals surface area (Å²) in [5.74, 6) is 0.316. The number of rotatable bonds is 5. The maximum absolute atomic E-state index is 12.5. The number of likely N-dealkylation sites (N-methyl/N-ethyl adjacent to an activating group) is 2. The van der Waals surface area contributed by atoms with Gasteiger partial charge in [0, 0.05) is 33.0 Å². The van der Waals surface area contributed by atoms with Crippen molar-refractivity contribution in [3.63, 3.8) is 0 Å². The molecule has 0 saturated heterocycles. The number of carbonyl (C=O) groups is 2. The highest BCUT2D eigenvalue weighted by atomic mass is 16.5. The standard InChI is InChI=1S/C19H21N3O3/c1-21(12-9-14-7-10-20-11-8-14)18(23)13-17-19(24)22(2)15-5-3-4-6-16(15)25-17/h3-8,10-11,17H,9,12-13H2,1-2H3. The number of hydrogen-bond donors (Lipinski definition) is 0. The fraction of sp³-hybridized carbons (Fsp3) is 0.316. The Balaban J connectivity index is 1.60. The summed E-state index contributed by atoms with van der Waals surface area (Å²) in [6.07, 6.45) is 3.46. The smallest absolute Gasteiger partial charge is 0.268 e. The predicted molar refractivity (Wildman–Crippen MR) is 94.5 cm³/mol. The summed E-state index contributed by atoms with van der Waals surface area (Å²) in [5, 5.41) is 0. The lowest BCUT2D eigenvalue weighted by Gasteiger charge is -2.32. The second kappa shape index (κ2) is 7.34. The summed E-state index contributed by atoms with van der Waals surface area (Å²) < 4.78 is 5.75.